The maximum Gasteiger partial charge on any atom is 0.137 e. The van der Waals surface area contributed by atoms with Crippen LogP contribution in [0.5, 0.6) is 0 Å². The van der Waals surface area contributed by atoms with Crippen LogP contribution in [0.4, 0.5) is 0 Å². The summed E-state index contributed by atoms with van der Waals surface area (Å²) in [6, 6.07) is 29.3. The highest BCUT2D eigenvalue weighted by atomic mass is 16.3. The first kappa shape index (κ1) is 23.5. The Morgan fingerprint density at radius 1 is 0.829 bits per heavy atom. The Bertz CT molecular complexity index is 1190. The largest absolute Gasteiger partial charge is 0.385 e. The Kier molecular flexibility index (Phi) is 7.09. The minimum Gasteiger partial charge on any atom is -0.385 e. The van der Waals surface area contributed by atoms with Crippen LogP contribution in [-0.4, -0.2) is 52.2 Å². The topological polar surface area (TPSA) is 64.2 Å². The van der Waals surface area contributed by atoms with Crippen LogP contribution in [0.25, 0.3) is 11.4 Å². The number of hydrogen-bond acceptors (Lipinski definition) is 4. The van der Waals surface area contributed by atoms with Crippen molar-refractivity contribution in [2.75, 3.05) is 26.2 Å². The first-order valence-corrected chi connectivity index (χ1v) is 12.5. The third kappa shape index (κ3) is 5.08. The predicted molar refractivity (Wildman–Crippen MR) is 141 cm³/mol. The van der Waals surface area contributed by atoms with Gasteiger partial charge in [-0.15, -0.1) is 0 Å². The van der Waals surface area contributed by atoms with E-state index in [0.717, 1.165) is 49.0 Å². The average molecular weight is 467 g/mol. The lowest BCUT2D eigenvalue weighted by Crippen LogP contribution is -2.52. The maximum atomic E-state index is 12.1. The fourth-order valence-electron chi connectivity index (χ4n) is 5.33. The molecule has 1 aliphatic heterocycles. The second-order valence-corrected chi connectivity index (χ2v) is 9.49. The molecule has 5 nitrogen and oxygen atoms in total. The van der Waals surface area contributed by atoms with Gasteiger partial charge in [0.1, 0.15) is 11.9 Å². The molecule has 0 saturated carbocycles. The molecule has 1 fully saturated rings. The van der Waals surface area contributed by atoms with Gasteiger partial charge >= 0.3 is 0 Å². The minimum atomic E-state index is -0.756. The lowest BCUT2D eigenvalue weighted by Gasteiger charge is -2.42. The summed E-state index contributed by atoms with van der Waals surface area (Å²) in [7, 11) is 0. The van der Waals surface area contributed by atoms with Crippen LogP contribution < -0.4 is 5.32 Å². The number of H-pyrrole nitrogens is 1. The summed E-state index contributed by atoms with van der Waals surface area (Å²) in [4.78, 5) is 10.8. The van der Waals surface area contributed by atoms with Crippen molar-refractivity contribution < 1.29 is 5.11 Å². The Balaban J connectivity index is 1.60. The van der Waals surface area contributed by atoms with E-state index >= 15 is 0 Å². The van der Waals surface area contributed by atoms with Gasteiger partial charge in [-0.2, -0.15) is 0 Å². The van der Waals surface area contributed by atoms with Crippen LogP contribution in [0.3, 0.4) is 0 Å². The fourth-order valence-corrected chi connectivity index (χ4v) is 5.33. The molecule has 1 aliphatic rings. The first-order valence-electron chi connectivity index (χ1n) is 12.5. The van der Waals surface area contributed by atoms with Gasteiger partial charge in [0.05, 0.1) is 11.7 Å². The number of hydrogen-bond donors (Lipinski definition) is 3. The van der Waals surface area contributed by atoms with Crippen molar-refractivity contribution in [3.8, 4) is 11.4 Å². The Morgan fingerprint density at radius 3 is 2.06 bits per heavy atom. The highest BCUT2D eigenvalue weighted by Gasteiger charge is 2.38. The van der Waals surface area contributed by atoms with E-state index in [0.29, 0.717) is 0 Å². The molecule has 2 heterocycles. The van der Waals surface area contributed by atoms with Gasteiger partial charge in [-0.05, 0) is 31.0 Å². The fraction of sp³-hybridized carbons (Fsp3) is 0.300. The summed E-state index contributed by atoms with van der Waals surface area (Å²) in [6.07, 6.45) is -0.756. The van der Waals surface area contributed by atoms with Crippen molar-refractivity contribution in [1.29, 1.82) is 0 Å². The minimum absolute atomic E-state index is 0.00372. The van der Waals surface area contributed by atoms with Crippen LogP contribution in [0, 0.1) is 13.8 Å². The number of aliphatic hydroxyl groups excluding tert-OH is 1. The van der Waals surface area contributed by atoms with Crippen LogP contribution in [0.15, 0.2) is 84.9 Å². The molecule has 1 aromatic heterocycles. The number of benzene rings is 3. The number of nitrogens with zero attached hydrogens (tertiary/aromatic N) is 2. The quantitative estimate of drug-likeness (QED) is 0.365. The number of aliphatic hydroxyl groups is 1. The molecule has 3 N–H and O–H groups in total. The van der Waals surface area contributed by atoms with Gasteiger partial charge in [0.25, 0.3) is 0 Å². The molecule has 0 radical (unpaired) electrons. The summed E-state index contributed by atoms with van der Waals surface area (Å²) < 4.78 is 0. The molecule has 1 saturated heterocycles. The van der Waals surface area contributed by atoms with E-state index in [9.17, 15) is 5.11 Å². The molecule has 2 unspecified atom stereocenters. The zero-order chi connectivity index (χ0) is 24.2. The molecule has 0 amide bonds. The van der Waals surface area contributed by atoms with Crippen LogP contribution in [0.2, 0.25) is 0 Å². The van der Waals surface area contributed by atoms with Crippen molar-refractivity contribution in [2.45, 2.75) is 31.9 Å². The molecule has 2 atom stereocenters. The van der Waals surface area contributed by atoms with Crippen molar-refractivity contribution in [1.82, 2.24) is 20.2 Å². The van der Waals surface area contributed by atoms with Crippen LogP contribution in [0.1, 0.15) is 40.1 Å². The van der Waals surface area contributed by atoms with Crippen molar-refractivity contribution in [3.63, 3.8) is 0 Å². The summed E-state index contributed by atoms with van der Waals surface area (Å²) in [5.74, 6) is 0.805. The molecule has 0 aliphatic carbocycles. The number of aromatic amines is 1. The SMILES string of the molecule is Cc1cccc(-c2nc(C(O)C(C(c3ccccc3)c3ccccc3)N3CCNCC3)c(C)[nH]2)c1. The third-order valence-corrected chi connectivity index (χ3v) is 7.05. The summed E-state index contributed by atoms with van der Waals surface area (Å²) in [6.45, 7) is 7.68. The van der Waals surface area contributed by atoms with Gasteiger partial charge < -0.3 is 15.4 Å². The molecular weight excluding hydrogens is 432 g/mol. The van der Waals surface area contributed by atoms with E-state index in [1.54, 1.807) is 0 Å². The molecule has 0 spiro atoms. The van der Waals surface area contributed by atoms with Gasteiger partial charge in [0.15, 0.2) is 0 Å². The Morgan fingerprint density at radius 2 is 1.46 bits per heavy atom. The molecule has 35 heavy (non-hydrogen) atoms. The molecule has 4 aromatic rings. The normalized spacial score (nSPS) is 16.3. The van der Waals surface area contributed by atoms with E-state index in [2.05, 4.69) is 88.9 Å². The number of aromatic nitrogens is 2. The zero-order valence-corrected chi connectivity index (χ0v) is 20.5. The number of rotatable bonds is 7. The predicted octanol–water partition coefficient (Wildman–Crippen LogP) is 4.83. The Hall–Kier alpha value is -3.25. The lowest BCUT2D eigenvalue weighted by atomic mass is 9.80. The number of nitrogens with one attached hydrogen (secondary N) is 2. The highest BCUT2D eigenvalue weighted by Crippen LogP contribution is 2.38. The van der Waals surface area contributed by atoms with Gasteiger partial charge in [-0.1, -0.05) is 84.4 Å². The van der Waals surface area contributed by atoms with Crippen molar-refractivity contribution >= 4 is 0 Å². The average Bonchev–Trinajstić information content (AvgIpc) is 3.30. The number of piperazine rings is 1. The first-order chi connectivity index (χ1) is 17.1. The standard InChI is InChI=1S/C30H34N4O/c1-21-10-9-15-25(20-21)30-32-22(2)27(33-30)29(35)28(34-18-16-31-17-19-34)26(23-11-5-3-6-12-23)24-13-7-4-8-14-24/h3-15,20,26,28-29,31,35H,16-19H2,1-2H3,(H,32,33). The smallest absolute Gasteiger partial charge is 0.137 e. The van der Waals surface area contributed by atoms with Crippen molar-refractivity contribution in [3.05, 3.63) is 113 Å². The molecule has 180 valence electrons. The molecule has 5 rings (SSSR count). The second kappa shape index (κ2) is 10.6. The van der Waals surface area contributed by atoms with E-state index in [4.69, 9.17) is 4.98 Å². The van der Waals surface area contributed by atoms with Gasteiger partial charge in [-0.3, -0.25) is 4.90 Å². The van der Waals surface area contributed by atoms with Gasteiger partial charge in [0, 0.05) is 43.4 Å². The van der Waals surface area contributed by atoms with E-state index < -0.39 is 6.10 Å². The molecule has 0 bridgehead atoms. The number of aryl methyl sites for hydroxylation is 2. The molecule has 5 heteroatoms. The summed E-state index contributed by atoms with van der Waals surface area (Å²) in [5, 5.41) is 15.5. The van der Waals surface area contributed by atoms with Crippen LogP contribution >= 0.6 is 0 Å². The summed E-state index contributed by atoms with van der Waals surface area (Å²) in [5.41, 5.74) is 6.26. The van der Waals surface area contributed by atoms with Crippen molar-refractivity contribution in [2.24, 2.45) is 0 Å². The number of imidazole rings is 1. The molecule has 3 aromatic carbocycles. The van der Waals surface area contributed by atoms with Crippen LogP contribution in [-0.2, 0) is 0 Å². The maximum absolute atomic E-state index is 12.1. The molecular formula is C30H34N4O. The Labute approximate surface area is 207 Å². The van der Waals surface area contributed by atoms with E-state index in [-0.39, 0.29) is 12.0 Å². The second-order valence-electron chi connectivity index (χ2n) is 9.49. The summed E-state index contributed by atoms with van der Waals surface area (Å²) >= 11 is 0. The zero-order valence-electron chi connectivity index (χ0n) is 20.5. The van der Waals surface area contributed by atoms with Gasteiger partial charge in [-0.25, -0.2) is 4.98 Å². The third-order valence-electron chi connectivity index (χ3n) is 7.05. The van der Waals surface area contributed by atoms with E-state index in [1.165, 1.54) is 16.7 Å². The van der Waals surface area contributed by atoms with Gasteiger partial charge in [0.2, 0.25) is 0 Å². The monoisotopic (exact) mass is 466 g/mol. The highest BCUT2D eigenvalue weighted by molar-refractivity contribution is 5.57. The van der Waals surface area contributed by atoms with E-state index in [1.807, 2.05) is 25.1 Å². The lowest BCUT2D eigenvalue weighted by molar-refractivity contribution is 0.0295.